The first-order valence-corrected chi connectivity index (χ1v) is 9.11. The van der Waals surface area contributed by atoms with Crippen LogP contribution in [0.15, 0.2) is 83.9 Å². The van der Waals surface area contributed by atoms with Crippen LogP contribution in [-0.4, -0.2) is 14.2 Å². The van der Waals surface area contributed by atoms with Crippen molar-refractivity contribution in [2.75, 3.05) is 0 Å². The first-order chi connectivity index (χ1) is 14.1. The molecule has 3 aromatic carbocycles. The Hall–Kier alpha value is -3.80. The van der Waals surface area contributed by atoms with Crippen LogP contribution in [0.3, 0.4) is 0 Å². The Morgan fingerprint density at radius 1 is 0.897 bits per heavy atom. The minimum atomic E-state index is -0.679. The van der Waals surface area contributed by atoms with E-state index in [1.807, 2.05) is 42.5 Å². The fourth-order valence-electron chi connectivity index (χ4n) is 3.56. The SMILES string of the molecule is O=c1c2cc(-c3cccc4ccccc34)nn2ccn1Cc1ccc(F)cc1F. The van der Waals surface area contributed by atoms with Gasteiger partial charge in [-0.3, -0.25) is 4.79 Å². The van der Waals surface area contributed by atoms with Crippen LogP contribution in [0, 0.1) is 11.6 Å². The van der Waals surface area contributed by atoms with Crippen molar-refractivity contribution in [3.8, 4) is 11.3 Å². The molecule has 0 saturated heterocycles. The van der Waals surface area contributed by atoms with Gasteiger partial charge in [-0.05, 0) is 22.9 Å². The summed E-state index contributed by atoms with van der Waals surface area (Å²) >= 11 is 0. The molecule has 0 spiro atoms. The number of hydrogen-bond acceptors (Lipinski definition) is 2. The van der Waals surface area contributed by atoms with E-state index in [1.54, 1.807) is 18.5 Å². The molecule has 0 saturated carbocycles. The van der Waals surface area contributed by atoms with E-state index in [2.05, 4.69) is 5.10 Å². The summed E-state index contributed by atoms with van der Waals surface area (Å²) in [7, 11) is 0. The van der Waals surface area contributed by atoms with Crippen molar-refractivity contribution in [1.29, 1.82) is 0 Å². The van der Waals surface area contributed by atoms with Crippen molar-refractivity contribution in [3.63, 3.8) is 0 Å². The molecule has 0 atom stereocenters. The highest BCUT2D eigenvalue weighted by Gasteiger charge is 2.12. The number of halogens is 2. The highest BCUT2D eigenvalue weighted by Crippen LogP contribution is 2.27. The molecule has 5 aromatic rings. The van der Waals surface area contributed by atoms with Gasteiger partial charge in [0.05, 0.1) is 12.2 Å². The molecule has 6 heteroatoms. The molecule has 2 heterocycles. The Labute approximate surface area is 164 Å². The van der Waals surface area contributed by atoms with Crippen LogP contribution in [0.25, 0.3) is 27.5 Å². The monoisotopic (exact) mass is 387 g/mol. The van der Waals surface area contributed by atoms with E-state index in [4.69, 9.17) is 0 Å². The van der Waals surface area contributed by atoms with E-state index in [1.165, 1.54) is 21.2 Å². The summed E-state index contributed by atoms with van der Waals surface area (Å²) in [6.07, 6.45) is 3.21. The van der Waals surface area contributed by atoms with Crippen LogP contribution in [0.4, 0.5) is 8.78 Å². The lowest BCUT2D eigenvalue weighted by molar-refractivity contribution is 0.564. The summed E-state index contributed by atoms with van der Waals surface area (Å²) in [6, 6.07) is 19.0. The van der Waals surface area contributed by atoms with E-state index in [-0.39, 0.29) is 17.7 Å². The maximum absolute atomic E-state index is 14.0. The summed E-state index contributed by atoms with van der Waals surface area (Å²) in [6.45, 7) is 0.0101. The van der Waals surface area contributed by atoms with E-state index in [0.717, 1.165) is 22.4 Å². The fraction of sp³-hybridized carbons (Fsp3) is 0.0435. The summed E-state index contributed by atoms with van der Waals surface area (Å²) in [4.78, 5) is 12.9. The quantitative estimate of drug-likeness (QED) is 0.452. The van der Waals surface area contributed by atoms with Gasteiger partial charge in [0.1, 0.15) is 17.2 Å². The van der Waals surface area contributed by atoms with Gasteiger partial charge in [-0.1, -0.05) is 48.5 Å². The number of fused-ring (bicyclic) bond motifs is 2. The fourth-order valence-corrected chi connectivity index (χ4v) is 3.56. The van der Waals surface area contributed by atoms with Crippen LogP contribution >= 0.6 is 0 Å². The zero-order valence-electron chi connectivity index (χ0n) is 15.2. The van der Waals surface area contributed by atoms with Crippen LogP contribution in [-0.2, 0) is 6.54 Å². The number of rotatable bonds is 3. The average molecular weight is 387 g/mol. The number of hydrogen-bond donors (Lipinski definition) is 0. The van der Waals surface area contributed by atoms with Gasteiger partial charge < -0.3 is 4.57 Å². The van der Waals surface area contributed by atoms with E-state index >= 15 is 0 Å². The molecule has 4 nitrogen and oxygen atoms in total. The minimum Gasteiger partial charge on any atom is -0.308 e. The molecule has 0 bridgehead atoms. The molecule has 29 heavy (non-hydrogen) atoms. The van der Waals surface area contributed by atoms with Gasteiger partial charge in [0.15, 0.2) is 0 Å². The molecule has 0 fully saturated rings. The van der Waals surface area contributed by atoms with Crippen LogP contribution in [0.5, 0.6) is 0 Å². The lowest BCUT2D eigenvalue weighted by Crippen LogP contribution is -2.22. The molecule has 0 aliphatic rings. The zero-order valence-corrected chi connectivity index (χ0v) is 15.2. The minimum absolute atomic E-state index is 0.0101. The predicted molar refractivity (Wildman–Crippen MR) is 108 cm³/mol. The normalized spacial score (nSPS) is 11.4. The Kier molecular flexibility index (Phi) is 3.98. The number of aromatic nitrogens is 3. The zero-order chi connectivity index (χ0) is 20.0. The third kappa shape index (κ3) is 2.99. The van der Waals surface area contributed by atoms with E-state index in [0.29, 0.717) is 11.2 Å². The third-order valence-corrected chi connectivity index (χ3v) is 5.02. The number of benzene rings is 3. The second-order valence-electron chi connectivity index (χ2n) is 6.85. The van der Waals surface area contributed by atoms with Crippen molar-refractivity contribution in [2.24, 2.45) is 0 Å². The van der Waals surface area contributed by atoms with Crippen LogP contribution in [0.2, 0.25) is 0 Å². The van der Waals surface area contributed by atoms with Gasteiger partial charge in [-0.15, -0.1) is 0 Å². The Bertz CT molecular complexity index is 1430. The molecule has 0 aliphatic heterocycles. The second-order valence-corrected chi connectivity index (χ2v) is 6.85. The molecule has 142 valence electrons. The lowest BCUT2D eigenvalue weighted by atomic mass is 10.0. The molecule has 2 aromatic heterocycles. The Balaban J connectivity index is 1.61. The Morgan fingerprint density at radius 2 is 1.72 bits per heavy atom. The van der Waals surface area contributed by atoms with Gasteiger partial charge in [0.2, 0.25) is 0 Å². The lowest BCUT2D eigenvalue weighted by Gasteiger charge is -2.07. The predicted octanol–water partition coefficient (Wildman–Crippen LogP) is 4.64. The number of nitrogens with zero attached hydrogens (tertiary/aromatic N) is 3. The van der Waals surface area contributed by atoms with Gasteiger partial charge in [0, 0.05) is 29.6 Å². The standard InChI is InChI=1S/C23H15F2N3O/c24-17-9-8-16(20(25)12-17)14-27-10-11-28-22(23(27)29)13-21(26-28)19-7-3-5-15-4-1-2-6-18(15)19/h1-13H,14H2. The summed E-state index contributed by atoms with van der Waals surface area (Å²) in [5, 5.41) is 6.69. The summed E-state index contributed by atoms with van der Waals surface area (Å²) < 4.78 is 30.0. The van der Waals surface area contributed by atoms with Crippen molar-refractivity contribution in [1.82, 2.24) is 14.2 Å². The maximum Gasteiger partial charge on any atom is 0.276 e. The largest absolute Gasteiger partial charge is 0.308 e. The first-order valence-electron chi connectivity index (χ1n) is 9.11. The topological polar surface area (TPSA) is 39.3 Å². The van der Waals surface area contributed by atoms with Gasteiger partial charge >= 0.3 is 0 Å². The molecule has 0 radical (unpaired) electrons. The van der Waals surface area contributed by atoms with Gasteiger partial charge in [-0.2, -0.15) is 5.10 Å². The molecule has 0 aliphatic carbocycles. The van der Waals surface area contributed by atoms with Crippen LogP contribution in [0.1, 0.15) is 5.56 Å². The van der Waals surface area contributed by atoms with E-state index in [9.17, 15) is 13.6 Å². The van der Waals surface area contributed by atoms with Crippen LogP contribution < -0.4 is 5.56 Å². The Morgan fingerprint density at radius 3 is 2.59 bits per heavy atom. The molecule has 0 unspecified atom stereocenters. The molecular formula is C23H15F2N3O. The second kappa shape index (κ2) is 6.67. The maximum atomic E-state index is 14.0. The van der Waals surface area contributed by atoms with Gasteiger partial charge in [-0.25, -0.2) is 13.3 Å². The summed E-state index contributed by atoms with van der Waals surface area (Å²) in [5.41, 5.74) is 1.95. The first kappa shape index (κ1) is 17.3. The summed E-state index contributed by atoms with van der Waals surface area (Å²) in [5.74, 6) is -1.33. The highest BCUT2D eigenvalue weighted by atomic mass is 19.1. The average Bonchev–Trinajstić information content (AvgIpc) is 3.16. The molecular weight excluding hydrogens is 372 g/mol. The smallest absolute Gasteiger partial charge is 0.276 e. The van der Waals surface area contributed by atoms with Crippen molar-refractivity contribution < 1.29 is 8.78 Å². The van der Waals surface area contributed by atoms with Crippen molar-refractivity contribution >= 4 is 16.3 Å². The third-order valence-electron chi connectivity index (χ3n) is 5.02. The highest BCUT2D eigenvalue weighted by molar-refractivity contribution is 5.96. The van der Waals surface area contributed by atoms with Crippen molar-refractivity contribution in [3.05, 3.63) is 107 Å². The van der Waals surface area contributed by atoms with Gasteiger partial charge in [0.25, 0.3) is 5.56 Å². The molecule has 5 rings (SSSR count). The van der Waals surface area contributed by atoms with E-state index < -0.39 is 11.6 Å². The van der Waals surface area contributed by atoms with Crippen molar-refractivity contribution in [2.45, 2.75) is 6.54 Å². The molecule has 0 N–H and O–H groups in total. The molecule has 0 amide bonds.